The van der Waals surface area contributed by atoms with Gasteiger partial charge in [-0.3, -0.25) is 9.59 Å². The van der Waals surface area contributed by atoms with E-state index in [1.807, 2.05) is 6.07 Å². The fourth-order valence-corrected chi connectivity index (χ4v) is 2.28. The molecule has 0 spiro atoms. The van der Waals surface area contributed by atoms with Gasteiger partial charge < -0.3 is 14.6 Å². The third-order valence-corrected chi connectivity index (χ3v) is 3.73. The van der Waals surface area contributed by atoms with Crippen molar-refractivity contribution >= 4 is 23.7 Å². The van der Waals surface area contributed by atoms with Crippen LogP contribution in [0, 0.1) is 0 Å². The van der Waals surface area contributed by atoms with Crippen molar-refractivity contribution in [3.63, 3.8) is 0 Å². The van der Waals surface area contributed by atoms with E-state index in [-0.39, 0.29) is 5.78 Å². The molecular formula is C20H18O7. The minimum absolute atomic E-state index is 0.171. The Balaban J connectivity index is 2.01. The molecule has 2 rings (SSSR count). The Kier molecular flexibility index (Phi) is 6.82. The molecule has 0 aliphatic heterocycles. The Morgan fingerprint density at radius 1 is 0.889 bits per heavy atom. The van der Waals surface area contributed by atoms with Crippen LogP contribution in [0.15, 0.2) is 54.6 Å². The topological polar surface area (TPSA) is 107 Å². The molecule has 0 amide bonds. The van der Waals surface area contributed by atoms with E-state index >= 15 is 0 Å². The average Bonchev–Trinajstić information content (AvgIpc) is 2.70. The molecule has 0 fully saturated rings. The zero-order valence-corrected chi connectivity index (χ0v) is 14.6. The highest BCUT2D eigenvalue weighted by molar-refractivity contribution is 6.09. The number of rotatable bonds is 8. The number of hydrogen-bond acceptors (Lipinski definition) is 6. The summed E-state index contributed by atoms with van der Waals surface area (Å²) in [7, 11) is 0. The number of carboxylic acids is 1. The third-order valence-electron chi connectivity index (χ3n) is 3.73. The van der Waals surface area contributed by atoms with Crippen LogP contribution >= 0.6 is 0 Å². The molecule has 0 aliphatic carbocycles. The third kappa shape index (κ3) is 5.78. The van der Waals surface area contributed by atoms with Gasteiger partial charge in [-0.05, 0) is 18.6 Å². The predicted octanol–water partition coefficient (Wildman–Crippen LogP) is 2.19. The molecule has 0 aliphatic rings. The van der Waals surface area contributed by atoms with Crippen LogP contribution in [0.1, 0.15) is 34.3 Å². The number of carbonyl (C=O) groups excluding carboxylic acids is 3. The van der Waals surface area contributed by atoms with Crippen LogP contribution in [0.5, 0.6) is 0 Å². The molecule has 27 heavy (non-hydrogen) atoms. The monoisotopic (exact) mass is 370 g/mol. The van der Waals surface area contributed by atoms with Crippen molar-refractivity contribution in [2.75, 3.05) is 13.2 Å². The smallest absolute Gasteiger partial charge is 0.344 e. The zero-order valence-electron chi connectivity index (χ0n) is 14.6. The summed E-state index contributed by atoms with van der Waals surface area (Å²) in [5.74, 6) is -3.84. The van der Waals surface area contributed by atoms with Crippen molar-refractivity contribution in [2.24, 2.45) is 0 Å². The second-order valence-corrected chi connectivity index (χ2v) is 5.70. The average molecular weight is 370 g/mol. The van der Waals surface area contributed by atoms with Gasteiger partial charge in [0.2, 0.25) is 0 Å². The Bertz CT molecular complexity index is 842. The highest BCUT2D eigenvalue weighted by Gasteiger charge is 2.20. The lowest BCUT2D eigenvalue weighted by atomic mass is 9.96. The van der Waals surface area contributed by atoms with Crippen molar-refractivity contribution in [1.29, 1.82) is 0 Å². The lowest BCUT2D eigenvalue weighted by Crippen LogP contribution is -2.22. The maximum atomic E-state index is 12.5. The van der Waals surface area contributed by atoms with Gasteiger partial charge in [-0.15, -0.1) is 0 Å². The summed E-state index contributed by atoms with van der Waals surface area (Å²) < 4.78 is 9.22. The fraction of sp³-hybridized carbons (Fsp3) is 0.200. The molecule has 2 aromatic rings. The Morgan fingerprint density at radius 2 is 1.56 bits per heavy atom. The standard InChI is InChI=1S/C20H18O7/c1-13(20(25)27-12-18(23)26-11-17(21)22)15-8-5-9-16(10-15)19(24)14-6-3-2-4-7-14/h2-10,13H,11-12H2,1H3,(H,21,22)/t13-/m0/s1. The van der Waals surface area contributed by atoms with Gasteiger partial charge in [-0.25, -0.2) is 9.59 Å². The van der Waals surface area contributed by atoms with Crippen LogP contribution in [0.4, 0.5) is 0 Å². The number of hydrogen-bond donors (Lipinski definition) is 1. The first kappa shape index (κ1) is 19.8. The van der Waals surface area contributed by atoms with E-state index in [2.05, 4.69) is 4.74 Å². The summed E-state index contributed by atoms with van der Waals surface area (Å²) in [6.45, 7) is 0.103. The van der Waals surface area contributed by atoms with Crippen molar-refractivity contribution in [2.45, 2.75) is 12.8 Å². The lowest BCUT2D eigenvalue weighted by molar-refractivity contribution is -0.163. The normalized spacial score (nSPS) is 11.3. The molecule has 0 unspecified atom stereocenters. The van der Waals surface area contributed by atoms with Crippen LogP contribution < -0.4 is 0 Å². The molecule has 2 aromatic carbocycles. The molecule has 7 nitrogen and oxygen atoms in total. The Morgan fingerprint density at radius 3 is 2.22 bits per heavy atom. The largest absolute Gasteiger partial charge is 0.479 e. The van der Waals surface area contributed by atoms with E-state index in [9.17, 15) is 19.2 Å². The minimum atomic E-state index is -1.30. The molecule has 0 radical (unpaired) electrons. The Hall–Kier alpha value is -3.48. The summed E-state index contributed by atoms with van der Waals surface area (Å²) in [4.78, 5) is 46.2. The van der Waals surface area contributed by atoms with E-state index in [1.54, 1.807) is 55.5 Å². The number of esters is 2. The first-order valence-corrected chi connectivity index (χ1v) is 8.12. The van der Waals surface area contributed by atoms with Crippen LogP contribution in [-0.4, -0.2) is 42.0 Å². The molecular weight excluding hydrogens is 352 g/mol. The van der Waals surface area contributed by atoms with Gasteiger partial charge >= 0.3 is 17.9 Å². The van der Waals surface area contributed by atoms with Gasteiger partial charge in [0.05, 0.1) is 5.92 Å². The predicted molar refractivity (Wildman–Crippen MR) is 94.3 cm³/mol. The molecule has 140 valence electrons. The van der Waals surface area contributed by atoms with Gasteiger partial charge in [-0.1, -0.05) is 48.5 Å². The minimum Gasteiger partial charge on any atom is -0.479 e. The summed E-state index contributed by atoms with van der Waals surface area (Å²) in [5, 5.41) is 8.42. The molecule has 7 heteroatoms. The van der Waals surface area contributed by atoms with Crippen LogP contribution in [-0.2, 0) is 23.9 Å². The summed E-state index contributed by atoms with van der Waals surface area (Å²) in [6, 6.07) is 15.3. The number of aliphatic carboxylic acids is 1. The first-order valence-electron chi connectivity index (χ1n) is 8.12. The molecule has 0 saturated carbocycles. The maximum absolute atomic E-state index is 12.5. The number of carboxylic acid groups (broad SMARTS) is 1. The van der Waals surface area contributed by atoms with E-state index in [0.29, 0.717) is 16.7 Å². The van der Waals surface area contributed by atoms with Crippen molar-refractivity contribution < 1.29 is 33.8 Å². The zero-order chi connectivity index (χ0) is 19.8. The quantitative estimate of drug-likeness (QED) is 0.561. The second-order valence-electron chi connectivity index (χ2n) is 5.70. The van der Waals surface area contributed by atoms with E-state index in [1.165, 1.54) is 0 Å². The van der Waals surface area contributed by atoms with Gasteiger partial charge in [0, 0.05) is 11.1 Å². The van der Waals surface area contributed by atoms with E-state index < -0.39 is 37.0 Å². The van der Waals surface area contributed by atoms with Gasteiger partial charge in [-0.2, -0.15) is 0 Å². The van der Waals surface area contributed by atoms with Crippen LogP contribution in [0.3, 0.4) is 0 Å². The van der Waals surface area contributed by atoms with Crippen LogP contribution in [0.25, 0.3) is 0 Å². The fourth-order valence-electron chi connectivity index (χ4n) is 2.28. The summed E-state index contributed by atoms with van der Waals surface area (Å²) >= 11 is 0. The summed E-state index contributed by atoms with van der Waals surface area (Å²) in [6.07, 6.45) is 0. The van der Waals surface area contributed by atoms with Crippen LogP contribution in [0.2, 0.25) is 0 Å². The second kappa shape index (κ2) is 9.28. The molecule has 1 N–H and O–H groups in total. The lowest BCUT2D eigenvalue weighted by Gasteiger charge is -2.12. The molecule has 0 aromatic heterocycles. The first-order chi connectivity index (χ1) is 12.9. The molecule has 1 atom stereocenters. The van der Waals surface area contributed by atoms with Crippen molar-refractivity contribution in [3.8, 4) is 0 Å². The van der Waals surface area contributed by atoms with E-state index in [4.69, 9.17) is 9.84 Å². The SMILES string of the molecule is C[C@H](C(=O)OCC(=O)OCC(=O)O)c1cccc(C(=O)c2ccccc2)c1. The number of ether oxygens (including phenoxy) is 2. The number of benzene rings is 2. The van der Waals surface area contributed by atoms with Crippen molar-refractivity contribution in [3.05, 3.63) is 71.3 Å². The highest BCUT2D eigenvalue weighted by Crippen LogP contribution is 2.20. The summed E-state index contributed by atoms with van der Waals surface area (Å²) in [5.41, 5.74) is 1.52. The van der Waals surface area contributed by atoms with Gasteiger partial charge in [0.25, 0.3) is 0 Å². The Labute approximate surface area is 155 Å². The molecule has 0 saturated heterocycles. The number of ketones is 1. The van der Waals surface area contributed by atoms with Gasteiger partial charge in [0.1, 0.15) is 0 Å². The van der Waals surface area contributed by atoms with E-state index in [0.717, 1.165) is 0 Å². The van der Waals surface area contributed by atoms with Gasteiger partial charge in [0.15, 0.2) is 19.0 Å². The highest BCUT2D eigenvalue weighted by atomic mass is 16.6. The molecule has 0 bridgehead atoms. The molecule has 0 heterocycles. The maximum Gasteiger partial charge on any atom is 0.344 e. The van der Waals surface area contributed by atoms with Crippen molar-refractivity contribution in [1.82, 2.24) is 0 Å². The number of carbonyl (C=O) groups is 4.